The minimum Gasteiger partial charge on any atom is -0.378 e. The predicted octanol–water partition coefficient (Wildman–Crippen LogP) is 9.14. The van der Waals surface area contributed by atoms with Gasteiger partial charge in [0, 0.05) is 38.4 Å². The first-order valence-corrected chi connectivity index (χ1v) is 19.5. The van der Waals surface area contributed by atoms with E-state index in [9.17, 15) is 0 Å². The SMILES string of the molecule is CCCCCCCCCCCCCCCCCc1cc2nc3ccc(N4CCOCC4)cc3sc-2c(N(C)C)c1=[N+]1CCOCC1.I. The number of hydrogen-bond acceptors (Lipinski definition) is 6. The van der Waals surface area contributed by atoms with Gasteiger partial charge in [0.25, 0.3) is 0 Å². The molecule has 262 valence electrons. The van der Waals surface area contributed by atoms with Crippen LogP contribution in [0.5, 0.6) is 0 Å². The Morgan fingerprint density at radius 3 is 1.94 bits per heavy atom. The molecule has 0 saturated carbocycles. The number of aryl methyl sites for hydroxylation is 1. The molecule has 8 heteroatoms. The number of halogens is 1. The van der Waals surface area contributed by atoms with Gasteiger partial charge in [0.05, 0.1) is 34.0 Å². The quantitative estimate of drug-likeness (QED) is 0.0558. The summed E-state index contributed by atoms with van der Waals surface area (Å²) in [5.41, 5.74) is 6.28. The summed E-state index contributed by atoms with van der Waals surface area (Å²) in [7, 11) is 4.41. The van der Waals surface area contributed by atoms with Crippen LogP contribution in [0.15, 0.2) is 24.3 Å². The molecule has 0 aromatic heterocycles. The molecule has 0 unspecified atom stereocenters. The Morgan fingerprint density at radius 1 is 0.766 bits per heavy atom. The number of rotatable bonds is 18. The molecule has 1 aliphatic carbocycles. The first-order valence-electron chi connectivity index (χ1n) is 18.7. The second kappa shape index (κ2) is 20.9. The van der Waals surface area contributed by atoms with Crippen molar-refractivity contribution in [2.24, 2.45) is 0 Å². The first-order chi connectivity index (χ1) is 22.7. The molecule has 3 aliphatic heterocycles. The number of anilines is 2. The van der Waals surface area contributed by atoms with E-state index in [-0.39, 0.29) is 24.0 Å². The molecule has 5 rings (SSSR count). The van der Waals surface area contributed by atoms with E-state index in [0.717, 1.165) is 70.2 Å². The van der Waals surface area contributed by atoms with Crippen LogP contribution in [0.4, 0.5) is 11.4 Å². The van der Waals surface area contributed by atoms with Crippen LogP contribution in [0.2, 0.25) is 0 Å². The minimum atomic E-state index is 0. The molecular weight excluding hydrogens is 715 g/mol. The van der Waals surface area contributed by atoms with Crippen molar-refractivity contribution >= 4 is 56.9 Å². The average Bonchev–Trinajstić information content (AvgIpc) is 3.09. The summed E-state index contributed by atoms with van der Waals surface area (Å²) in [4.78, 5) is 11.3. The van der Waals surface area contributed by atoms with Crippen molar-refractivity contribution in [3.8, 4) is 10.6 Å². The lowest BCUT2D eigenvalue weighted by atomic mass is 10.00. The zero-order valence-electron chi connectivity index (χ0n) is 29.7. The Labute approximate surface area is 306 Å². The molecule has 0 bridgehead atoms. The number of unbranched alkanes of at least 4 members (excludes halogenated alkanes) is 14. The minimum absolute atomic E-state index is 0. The lowest BCUT2D eigenvalue weighted by molar-refractivity contribution is 0.0965. The zero-order chi connectivity index (χ0) is 32.0. The number of hydrogen-bond donors (Lipinski definition) is 0. The Hall–Kier alpha value is -1.49. The number of aromatic nitrogens is 1. The molecule has 47 heavy (non-hydrogen) atoms. The number of benzene rings is 2. The van der Waals surface area contributed by atoms with Gasteiger partial charge in [-0.2, -0.15) is 0 Å². The van der Waals surface area contributed by atoms with Crippen LogP contribution in [0.1, 0.15) is 109 Å². The van der Waals surface area contributed by atoms with Crippen molar-refractivity contribution < 1.29 is 9.47 Å². The third-order valence-electron chi connectivity index (χ3n) is 9.88. The third-order valence-corrected chi connectivity index (χ3v) is 11.0. The summed E-state index contributed by atoms with van der Waals surface area (Å²) in [6.07, 6.45) is 22.1. The van der Waals surface area contributed by atoms with E-state index in [4.69, 9.17) is 14.5 Å². The molecule has 6 nitrogen and oxygen atoms in total. The fourth-order valence-electron chi connectivity index (χ4n) is 7.23. The standard InChI is InChI=1S/C39H61N4O2S.HI/c1-4-5-6-7-8-9-10-11-12-13-14-15-16-17-18-19-32-30-35-39(38(41(2)3)37(32)43-24-28-45-29-25-43)46-36-31-33(20-21-34(36)40-35)42-22-26-44-27-23-42;/h20-21,30-31H,4-19,22-29H2,1-3H3;1H/q+1;. The third kappa shape index (κ3) is 11.3. The Kier molecular flexibility index (Phi) is 17.0. The lowest BCUT2D eigenvalue weighted by Crippen LogP contribution is -2.43. The second-order valence-corrected chi connectivity index (χ2v) is 14.8. The van der Waals surface area contributed by atoms with E-state index >= 15 is 0 Å². The molecule has 1 aromatic carbocycles. The molecule has 3 heterocycles. The Morgan fingerprint density at radius 2 is 1.34 bits per heavy atom. The highest BCUT2D eigenvalue weighted by atomic mass is 127. The maximum absolute atomic E-state index is 5.79. The molecule has 1 aromatic rings. The maximum atomic E-state index is 5.79. The second-order valence-electron chi connectivity index (χ2n) is 13.7. The van der Waals surface area contributed by atoms with E-state index in [1.54, 1.807) is 0 Å². The van der Waals surface area contributed by atoms with Crippen molar-refractivity contribution in [3.05, 3.63) is 35.2 Å². The van der Waals surface area contributed by atoms with E-state index in [1.807, 2.05) is 11.3 Å². The van der Waals surface area contributed by atoms with Gasteiger partial charge in [-0.1, -0.05) is 96.8 Å². The van der Waals surface area contributed by atoms with Crippen LogP contribution in [-0.4, -0.2) is 71.7 Å². The molecule has 4 aliphatic rings. The number of morpholine rings is 2. The zero-order valence-corrected chi connectivity index (χ0v) is 32.8. The predicted molar refractivity (Wildman–Crippen MR) is 213 cm³/mol. The van der Waals surface area contributed by atoms with E-state index in [1.165, 1.54) is 128 Å². The molecular formula is C39H62IN4O2S+. The van der Waals surface area contributed by atoms with E-state index in [2.05, 4.69) is 59.7 Å². The molecule has 0 atom stereocenters. The van der Waals surface area contributed by atoms with Gasteiger partial charge in [0.15, 0.2) is 13.1 Å². The summed E-state index contributed by atoms with van der Waals surface area (Å²) in [5, 5.41) is 1.41. The van der Waals surface area contributed by atoms with Crippen molar-refractivity contribution in [2.45, 2.75) is 110 Å². The van der Waals surface area contributed by atoms with Gasteiger partial charge < -0.3 is 19.3 Å². The fraction of sp³-hybridized carbons (Fsp3) is 0.692. The van der Waals surface area contributed by atoms with Crippen LogP contribution in [0, 0.1) is 0 Å². The van der Waals surface area contributed by atoms with Crippen LogP contribution in [0.3, 0.4) is 0 Å². The van der Waals surface area contributed by atoms with Gasteiger partial charge in [0.1, 0.15) is 18.9 Å². The molecule has 0 radical (unpaired) electrons. The summed E-state index contributed by atoms with van der Waals surface area (Å²) < 4.78 is 15.2. The van der Waals surface area contributed by atoms with Crippen LogP contribution >= 0.6 is 35.3 Å². The van der Waals surface area contributed by atoms with Gasteiger partial charge >= 0.3 is 0 Å². The maximum Gasteiger partial charge on any atom is 0.228 e. The van der Waals surface area contributed by atoms with E-state index < -0.39 is 0 Å². The molecule has 2 saturated heterocycles. The van der Waals surface area contributed by atoms with Crippen molar-refractivity contribution in [1.82, 2.24) is 9.56 Å². The molecule has 2 fully saturated rings. The first kappa shape index (κ1) is 38.3. The number of fused-ring (bicyclic) bond motifs is 2. The Balaban J connectivity index is 0.00000500. The van der Waals surface area contributed by atoms with Gasteiger partial charge in [0.2, 0.25) is 5.36 Å². The van der Waals surface area contributed by atoms with Crippen molar-refractivity contribution in [1.29, 1.82) is 0 Å². The Bertz CT molecular complexity index is 1380. The lowest BCUT2D eigenvalue weighted by Gasteiger charge is -2.29. The molecule has 0 amide bonds. The summed E-state index contributed by atoms with van der Waals surface area (Å²) >= 11 is 1.90. The van der Waals surface area contributed by atoms with Crippen LogP contribution in [-0.2, 0) is 15.9 Å². The van der Waals surface area contributed by atoms with Crippen molar-refractivity contribution in [3.63, 3.8) is 0 Å². The van der Waals surface area contributed by atoms with Gasteiger partial charge in [-0.25, -0.2) is 9.56 Å². The molecule has 0 spiro atoms. The monoisotopic (exact) mass is 777 g/mol. The van der Waals surface area contributed by atoms with Gasteiger partial charge in [-0.3, -0.25) is 0 Å². The normalized spacial score (nSPS) is 15.4. The molecule has 0 N–H and O–H groups in total. The smallest absolute Gasteiger partial charge is 0.228 e. The topological polar surface area (TPSA) is 40.8 Å². The highest BCUT2D eigenvalue weighted by molar-refractivity contribution is 14.0. The van der Waals surface area contributed by atoms with Crippen LogP contribution in [0.25, 0.3) is 20.8 Å². The summed E-state index contributed by atoms with van der Waals surface area (Å²) in [6, 6.07) is 9.22. The number of nitrogens with zero attached hydrogens (tertiary/aromatic N) is 4. The van der Waals surface area contributed by atoms with Gasteiger partial charge in [-0.05, 0) is 37.1 Å². The average molecular weight is 778 g/mol. The number of ether oxygens (including phenoxy) is 2. The highest BCUT2D eigenvalue weighted by Crippen LogP contribution is 2.38. The largest absolute Gasteiger partial charge is 0.378 e. The van der Waals surface area contributed by atoms with Crippen LogP contribution < -0.4 is 19.7 Å². The summed E-state index contributed by atoms with van der Waals surface area (Å²) in [5.74, 6) is 0. The highest BCUT2D eigenvalue weighted by Gasteiger charge is 2.26. The summed E-state index contributed by atoms with van der Waals surface area (Å²) in [6.45, 7) is 9.29. The van der Waals surface area contributed by atoms with E-state index in [0.29, 0.717) is 0 Å². The van der Waals surface area contributed by atoms with Gasteiger partial charge in [-0.15, -0.1) is 35.3 Å². The fourth-order valence-corrected chi connectivity index (χ4v) is 8.43. The van der Waals surface area contributed by atoms with Crippen molar-refractivity contribution in [2.75, 3.05) is 76.5 Å².